The molecule has 5 rings (SSSR count). The molecule has 1 fully saturated rings. The van der Waals surface area contributed by atoms with E-state index in [9.17, 15) is 18.8 Å². The number of piperidine rings is 1. The molecule has 3 aromatic rings. The maximum atomic E-state index is 13.3. The van der Waals surface area contributed by atoms with Crippen LogP contribution in [-0.2, 0) is 6.54 Å². The second-order valence-electron chi connectivity index (χ2n) is 8.18. The summed E-state index contributed by atoms with van der Waals surface area (Å²) in [6.07, 6.45) is 5.00. The molecule has 2 amide bonds. The van der Waals surface area contributed by atoms with Crippen LogP contribution in [0.25, 0.3) is 0 Å². The van der Waals surface area contributed by atoms with Gasteiger partial charge in [-0.1, -0.05) is 0 Å². The number of aromatic nitrogens is 3. The first-order valence-electron chi connectivity index (χ1n) is 10.3. The van der Waals surface area contributed by atoms with Crippen LogP contribution >= 0.6 is 0 Å². The Morgan fingerprint density at radius 1 is 0.969 bits per heavy atom. The number of carbonyl (C=O) groups is 2. The molecule has 2 bridgehead atoms. The molecule has 2 unspecified atom stereocenters. The zero-order valence-corrected chi connectivity index (χ0v) is 17.1. The molecule has 0 spiro atoms. The third-order valence-corrected chi connectivity index (χ3v) is 6.04. The summed E-state index contributed by atoms with van der Waals surface area (Å²) in [6, 6.07) is 8.56. The maximum absolute atomic E-state index is 13.3. The molecule has 2 atom stereocenters. The number of rotatable bonds is 3. The number of likely N-dealkylation sites (tertiary alicyclic amines) is 1. The summed E-state index contributed by atoms with van der Waals surface area (Å²) in [5, 5.41) is 2.88. The minimum Gasteiger partial charge on any atom is -0.338 e. The van der Waals surface area contributed by atoms with Crippen molar-refractivity contribution in [2.24, 2.45) is 5.92 Å². The Kier molecular flexibility index (Phi) is 5.01. The maximum Gasteiger partial charge on any atom is 0.258 e. The van der Waals surface area contributed by atoms with Crippen molar-refractivity contribution in [2.75, 3.05) is 18.4 Å². The SMILES string of the molecule is O=C(Nc1ccc(=O)n2c1C1CC(CN(C(=O)c3ccc(F)cc3)C1)C2)c1cncnc1. The van der Waals surface area contributed by atoms with Crippen LogP contribution in [0, 0.1) is 11.7 Å². The number of hydrogen-bond acceptors (Lipinski definition) is 5. The van der Waals surface area contributed by atoms with E-state index in [1.54, 1.807) is 15.5 Å². The van der Waals surface area contributed by atoms with Crippen LogP contribution in [0.3, 0.4) is 0 Å². The third kappa shape index (κ3) is 3.66. The van der Waals surface area contributed by atoms with Crippen molar-refractivity contribution in [1.82, 2.24) is 19.4 Å². The highest BCUT2D eigenvalue weighted by atomic mass is 19.1. The molecular formula is C23H20FN5O3. The Bertz CT molecular complexity index is 1240. The van der Waals surface area contributed by atoms with Gasteiger partial charge in [-0.05, 0) is 42.7 Å². The summed E-state index contributed by atoms with van der Waals surface area (Å²) in [6.45, 7) is 1.40. The van der Waals surface area contributed by atoms with Gasteiger partial charge in [-0.25, -0.2) is 14.4 Å². The highest BCUT2D eigenvalue weighted by molar-refractivity contribution is 6.04. The van der Waals surface area contributed by atoms with Crippen LogP contribution < -0.4 is 10.9 Å². The Balaban J connectivity index is 1.45. The van der Waals surface area contributed by atoms with E-state index in [1.165, 1.54) is 49.1 Å². The van der Waals surface area contributed by atoms with E-state index >= 15 is 0 Å². The minimum absolute atomic E-state index is 0.108. The summed E-state index contributed by atoms with van der Waals surface area (Å²) in [7, 11) is 0. The fourth-order valence-electron chi connectivity index (χ4n) is 4.67. The smallest absolute Gasteiger partial charge is 0.258 e. The molecule has 0 saturated carbocycles. The van der Waals surface area contributed by atoms with E-state index in [2.05, 4.69) is 15.3 Å². The lowest BCUT2D eigenvalue weighted by Crippen LogP contribution is -2.49. The molecule has 2 aliphatic heterocycles. The van der Waals surface area contributed by atoms with Gasteiger partial charge in [0.25, 0.3) is 17.4 Å². The first-order valence-corrected chi connectivity index (χ1v) is 10.3. The second kappa shape index (κ2) is 7.99. The van der Waals surface area contributed by atoms with Crippen molar-refractivity contribution < 1.29 is 14.0 Å². The highest BCUT2D eigenvalue weighted by Gasteiger charge is 2.38. The van der Waals surface area contributed by atoms with Crippen molar-refractivity contribution in [2.45, 2.75) is 18.9 Å². The summed E-state index contributed by atoms with van der Waals surface area (Å²) in [4.78, 5) is 47.8. The summed E-state index contributed by atoms with van der Waals surface area (Å²) in [5.41, 5.74) is 1.86. The standard InChI is InChI=1S/C23H20FN5O3/c24-18-3-1-15(2-4-18)23(32)28-10-14-7-16(12-28)21-19(5-6-20(30)29(21)11-14)27-22(31)17-8-25-13-26-9-17/h1-6,8-9,13-14,16H,7,10-12H2,(H,27,31). The van der Waals surface area contributed by atoms with E-state index in [0.29, 0.717) is 36.4 Å². The zero-order valence-electron chi connectivity index (χ0n) is 17.1. The van der Waals surface area contributed by atoms with Gasteiger partial charge in [0.05, 0.1) is 11.3 Å². The number of carbonyl (C=O) groups excluding carboxylic acids is 2. The lowest BCUT2D eigenvalue weighted by atomic mass is 9.82. The number of anilines is 1. The monoisotopic (exact) mass is 433 g/mol. The number of pyridine rings is 1. The van der Waals surface area contributed by atoms with E-state index in [-0.39, 0.29) is 29.2 Å². The molecule has 8 nitrogen and oxygen atoms in total. The largest absolute Gasteiger partial charge is 0.338 e. The van der Waals surface area contributed by atoms with Crippen LogP contribution in [0.1, 0.15) is 38.7 Å². The molecule has 1 aromatic carbocycles. The number of benzene rings is 1. The third-order valence-electron chi connectivity index (χ3n) is 6.04. The molecule has 0 radical (unpaired) electrons. The van der Waals surface area contributed by atoms with Crippen molar-refractivity contribution in [3.8, 4) is 0 Å². The van der Waals surface area contributed by atoms with Crippen LogP contribution in [0.2, 0.25) is 0 Å². The van der Waals surface area contributed by atoms with Gasteiger partial charge in [0, 0.05) is 55.3 Å². The fourth-order valence-corrected chi connectivity index (χ4v) is 4.67. The van der Waals surface area contributed by atoms with Crippen LogP contribution in [-0.4, -0.2) is 44.3 Å². The normalized spacial score (nSPS) is 19.2. The molecule has 2 aromatic heterocycles. The van der Waals surface area contributed by atoms with E-state index in [1.807, 2.05) is 0 Å². The molecule has 162 valence electrons. The van der Waals surface area contributed by atoms with Gasteiger partial charge in [-0.2, -0.15) is 0 Å². The molecule has 2 aliphatic rings. The lowest BCUT2D eigenvalue weighted by molar-refractivity contribution is 0.0595. The first-order chi connectivity index (χ1) is 15.5. The summed E-state index contributed by atoms with van der Waals surface area (Å²) in [5.74, 6) is -0.919. The van der Waals surface area contributed by atoms with Crippen LogP contribution in [0.5, 0.6) is 0 Å². The van der Waals surface area contributed by atoms with Crippen molar-refractivity contribution in [1.29, 1.82) is 0 Å². The van der Waals surface area contributed by atoms with Gasteiger partial charge in [-0.3, -0.25) is 14.4 Å². The van der Waals surface area contributed by atoms with Crippen LogP contribution in [0.15, 0.2) is 59.9 Å². The number of amides is 2. The average molecular weight is 433 g/mol. The van der Waals surface area contributed by atoms with Crippen molar-refractivity contribution in [3.05, 3.63) is 88.1 Å². The minimum atomic E-state index is -0.394. The van der Waals surface area contributed by atoms with E-state index in [0.717, 1.165) is 12.1 Å². The molecule has 32 heavy (non-hydrogen) atoms. The lowest BCUT2D eigenvalue weighted by Gasteiger charge is -2.43. The Morgan fingerprint density at radius 2 is 1.72 bits per heavy atom. The Labute approximate surface area is 182 Å². The first kappa shape index (κ1) is 20.0. The van der Waals surface area contributed by atoms with Gasteiger partial charge in [0.2, 0.25) is 0 Å². The fraction of sp³-hybridized carbons (Fsp3) is 0.261. The van der Waals surface area contributed by atoms with E-state index < -0.39 is 5.82 Å². The molecule has 4 heterocycles. The highest BCUT2D eigenvalue weighted by Crippen LogP contribution is 2.39. The van der Waals surface area contributed by atoms with Gasteiger partial charge >= 0.3 is 0 Å². The number of nitrogens with zero attached hydrogens (tertiary/aromatic N) is 4. The predicted octanol–water partition coefficient (Wildman–Crippen LogP) is 2.29. The predicted molar refractivity (Wildman–Crippen MR) is 114 cm³/mol. The summed E-state index contributed by atoms with van der Waals surface area (Å²) >= 11 is 0. The van der Waals surface area contributed by atoms with E-state index in [4.69, 9.17) is 0 Å². The molecule has 1 saturated heterocycles. The van der Waals surface area contributed by atoms with Crippen molar-refractivity contribution >= 4 is 17.5 Å². The Morgan fingerprint density at radius 3 is 2.47 bits per heavy atom. The topological polar surface area (TPSA) is 97.2 Å². The molecule has 9 heteroatoms. The molecular weight excluding hydrogens is 413 g/mol. The molecule has 1 N–H and O–H groups in total. The summed E-state index contributed by atoms with van der Waals surface area (Å²) < 4.78 is 15.0. The number of fused-ring (bicyclic) bond motifs is 4. The van der Waals surface area contributed by atoms with Gasteiger partial charge in [0.15, 0.2) is 0 Å². The van der Waals surface area contributed by atoms with Gasteiger partial charge < -0.3 is 14.8 Å². The molecule has 0 aliphatic carbocycles. The van der Waals surface area contributed by atoms with Gasteiger partial charge in [-0.15, -0.1) is 0 Å². The number of nitrogens with one attached hydrogen (secondary N) is 1. The second-order valence-corrected chi connectivity index (χ2v) is 8.18. The Hall–Kier alpha value is -3.88. The zero-order chi connectivity index (χ0) is 22.2. The van der Waals surface area contributed by atoms with Crippen LogP contribution in [0.4, 0.5) is 10.1 Å². The number of hydrogen-bond donors (Lipinski definition) is 1. The van der Waals surface area contributed by atoms with Gasteiger partial charge in [0.1, 0.15) is 12.1 Å². The number of halogens is 1. The quantitative estimate of drug-likeness (QED) is 0.684. The average Bonchev–Trinajstić information content (AvgIpc) is 2.81. The van der Waals surface area contributed by atoms with Crippen molar-refractivity contribution in [3.63, 3.8) is 0 Å².